The van der Waals surface area contributed by atoms with Gasteiger partial charge in [-0.1, -0.05) is 29.4 Å². The first-order valence-corrected chi connectivity index (χ1v) is 13.6. The number of rotatable bonds is 8. The van der Waals surface area contributed by atoms with Crippen molar-refractivity contribution in [2.24, 2.45) is 16.1 Å². The maximum Gasteiger partial charge on any atom is 0.285 e. The largest absolute Gasteiger partial charge is 0.410 e. The molecule has 1 saturated heterocycles. The van der Waals surface area contributed by atoms with Crippen LogP contribution in [0, 0.1) is 5.92 Å². The second-order valence-corrected chi connectivity index (χ2v) is 10.8. The van der Waals surface area contributed by atoms with E-state index in [1.807, 2.05) is 12.1 Å². The summed E-state index contributed by atoms with van der Waals surface area (Å²) >= 11 is 0. The zero-order valence-corrected chi connectivity index (χ0v) is 22.2. The molecule has 40 heavy (non-hydrogen) atoms. The fraction of sp³-hybridized carbons (Fsp3) is 0.556. The number of aliphatic hydroxyl groups is 1. The molecule has 216 valence electrons. The van der Waals surface area contributed by atoms with Gasteiger partial charge in [0.25, 0.3) is 17.7 Å². The number of carbonyl (C=O) groups excluding carboxylic acids is 2. The standard InChI is InChI=1S/C27H35F2N7O4/c28-27(29)15-36(26(39)24(34-40)18-5-6-18)10-8-22(27)33-23-11-21(31-16-32-23)25(38)30-12-20(37)14-35-9-7-17-3-1-2-4-19(17)13-35/h1-4,11,18,20,22,31,37,40H,5-10,12-16H2,(H,30,38)(H,32,33)/b34-24-/t20-,22?/m0/s1. The van der Waals surface area contributed by atoms with Gasteiger partial charge < -0.3 is 31.2 Å². The number of oxime groups is 1. The van der Waals surface area contributed by atoms with Crippen LogP contribution in [0.1, 0.15) is 30.4 Å². The molecule has 1 unspecified atom stereocenters. The smallest absolute Gasteiger partial charge is 0.285 e. The van der Waals surface area contributed by atoms with Crippen molar-refractivity contribution in [2.75, 3.05) is 39.4 Å². The first kappa shape index (κ1) is 28.0. The minimum absolute atomic E-state index is 0.0257. The van der Waals surface area contributed by atoms with Crippen LogP contribution in [0.15, 0.2) is 46.2 Å². The number of benzene rings is 1. The molecular formula is C27H35F2N7O4. The molecule has 2 atom stereocenters. The van der Waals surface area contributed by atoms with Crippen molar-refractivity contribution in [1.82, 2.24) is 25.8 Å². The highest BCUT2D eigenvalue weighted by Crippen LogP contribution is 2.33. The molecule has 2 amide bonds. The van der Waals surface area contributed by atoms with Gasteiger partial charge in [0.15, 0.2) is 0 Å². The number of nitrogens with zero attached hydrogens (tertiary/aromatic N) is 4. The number of carbonyl (C=O) groups is 2. The highest BCUT2D eigenvalue weighted by molar-refractivity contribution is 6.40. The van der Waals surface area contributed by atoms with E-state index in [4.69, 9.17) is 5.21 Å². The molecule has 4 aliphatic rings. The maximum atomic E-state index is 15.0. The summed E-state index contributed by atoms with van der Waals surface area (Å²) in [4.78, 5) is 32.6. The predicted octanol–water partition coefficient (Wildman–Crippen LogP) is 0.431. The lowest BCUT2D eigenvalue weighted by Gasteiger charge is -2.39. The Morgan fingerprint density at radius 2 is 1.98 bits per heavy atom. The molecule has 3 heterocycles. The zero-order chi connectivity index (χ0) is 28.3. The number of β-amino-alcohol motifs (C(OH)–C–C–N with tert-alkyl or cyclic N) is 1. The number of aliphatic hydroxyl groups excluding tert-OH is 1. The van der Waals surface area contributed by atoms with Gasteiger partial charge >= 0.3 is 0 Å². The van der Waals surface area contributed by atoms with E-state index in [1.165, 1.54) is 17.2 Å². The van der Waals surface area contributed by atoms with Crippen molar-refractivity contribution in [3.63, 3.8) is 0 Å². The molecule has 0 aromatic heterocycles. The summed E-state index contributed by atoms with van der Waals surface area (Å²) in [5.41, 5.74) is 2.65. The second-order valence-electron chi connectivity index (χ2n) is 10.8. The van der Waals surface area contributed by atoms with Gasteiger partial charge in [-0.2, -0.15) is 0 Å². The van der Waals surface area contributed by atoms with Crippen LogP contribution in [0.25, 0.3) is 0 Å². The Balaban J connectivity index is 1.10. The normalized spacial score (nSPS) is 23.7. The predicted molar refractivity (Wildman–Crippen MR) is 143 cm³/mol. The third-order valence-corrected chi connectivity index (χ3v) is 7.72. The highest BCUT2D eigenvalue weighted by atomic mass is 19.3. The Morgan fingerprint density at radius 1 is 1.20 bits per heavy atom. The summed E-state index contributed by atoms with van der Waals surface area (Å²) in [7, 11) is 0. The number of nitrogens with one attached hydrogen (secondary N) is 3. The average Bonchev–Trinajstić information content (AvgIpc) is 3.78. The van der Waals surface area contributed by atoms with Crippen LogP contribution in [0.5, 0.6) is 0 Å². The number of halogens is 2. The number of amidine groups is 1. The average molecular weight is 560 g/mol. The zero-order valence-electron chi connectivity index (χ0n) is 22.2. The van der Waals surface area contributed by atoms with Gasteiger partial charge in [-0.15, -0.1) is 0 Å². The summed E-state index contributed by atoms with van der Waals surface area (Å²) in [5.74, 6) is -4.42. The van der Waals surface area contributed by atoms with Crippen LogP contribution in [-0.2, 0) is 22.6 Å². The van der Waals surface area contributed by atoms with Crippen LogP contribution >= 0.6 is 0 Å². The number of alkyl halides is 2. The molecule has 0 bridgehead atoms. The van der Waals surface area contributed by atoms with E-state index in [1.54, 1.807) is 0 Å². The number of hydrogen-bond acceptors (Lipinski definition) is 9. The Kier molecular flexibility index (Phi) is 8.31. The Bertz CT molecular complexity index is 1220. The summed E-state index contributed by atoms with van der Waals surface area (Å²) in [5, 5.41) is 31.0. The fourth-order valence-electron chi connectivity index (χ4n) is 5.34. The molecule has 3 aliphatic heterocycles. The number of likely N-dealkylation sites (tertiary alicyclic amines) is 1. The third kappa shape index (κ3) is 6.58. The van der Waals surface area contributed by atoms with E-state index in [-0.39, 0.29) is 49.3 Å². The Labute approximate surface area is 231 Å². The van der Waals surface area contributed by atoms with Crippen molar-refractivity contribution in [3.05, 3.63) is 47.2 Å². The lowest BCUT2D eigenvalue weighted by molar-refractivity contribution is -0.138. The Hall–Kier alpha value is -3.58. The van der Waals surface area contributed by atoms with Gasteiger partial charge in [0.2, 0.25) is 0 Å². The highest BCUT2D eigenvalue weighted by Gasteiger charge is 2.48. The molecule has 1 aliphatic carbocycles. The quantitative estimate of drug-likeness (QED) is 0.177. The number of piperidine rings is 1. The van der Waals surface area contributed by atoms with Crippen molar-refractivity contribution < 1.29 is 28.7 Å². The molecule has 1 saturated carbocycles. The molecule has 0 radical (unpaired) electrons. The minimum atomic E-state index is -3.26. The number of amides is 2. The molecule has 13 heteroatoms. The van der Waals surface area contributed by atoms with Gasteiger partial charge in [-0.25, -0.2) is 13.8 Å². The number of hydrogen-bond donors (Lipinski definition) is 5. The van der Waals surface area contributed by atoms with Crippen molar-refractivity contribution >= 4 is 23.4 Å². The monoisotopic (exact) mass is 559 g/mol. The topological polar surface area (TPSA) is 142 Å². The molecule has 5 N–H and O–H groups in total. The number of fused-ring (bicyclic) bond motifs is 1. The summed E-state index contributed by atoms with van der Waals surface area (Å²) in [6, 6.07) is 6.93. The molecule has 5 rings (SSSR count). The van der Waals surface area contributed by atoms with E-state index in [0.717, 1.165) is 24.4 Å². The lowest BCUT2D eigenvalue weighted by Crippen LogP contribution is -2.60. The van der Waals surface area contributed by atoms with Gasteiger partial charge in [-0.3, -0.25) is 14.5 Å². The molecule has 1 aromatic rings. The first-order chi connectivity index (χ1) is 19.2. The van der Waals surface area contributed by atoms with Crippen molar-refractivity contribution in [2.45, 2.75) is 50.3 Å². The first-order valence-electron chi connectivity index (χ1n) is 13.6. The number of aliphatic imine (C=N–C) groups is 1. The van der Waals surface area contributed by atoms with E-state index in [9.17, 15) is 23.5 Å². The van der Waals surface area contributed by atoms with Crippen LogP contribution < -0.4 is 16.0 Å². The van der Waals surface area contributed by atoms with Gasteiger partial charge in [0, 0.05) is 44.7 Å². The van der Waals surface area contributed by atoms with Crippen LogP contribution in [-0.4, -0.2) is 101 Å². The van der Waals surface area contributed by atoms with E-state index in [0.29, 0.717) is 19.4 Å². The molecular weight excluding hydrogens is 524 g/mol. The summed E-state index contributed by atoms with van der Waals surface area (Å²) < 4.78 is 30.0. The molecule has 2 fully saturated rings. The minimum Gasteiger partial charge on any atom is -0.410 e. The second kappa shape index (κ2) is 11.9. The van der Waals surface area contributed by atoms with Crippen molar-refractivity contribution in [1.29, 1.82) is 0 Å². The maximum absolute atomic E-state index is 15.0. The summed E-state index contributed by atoms with van der Waals surface area (Å²) in [6.45, 7) is 1.32. The molecule has 1 aromatic carbocycles. The lowest BCUT2D eigenvalue weighted by atomic mass is 9.99. The van der Waals surface area contributed by atoms with E-state index >= 15 is 0 Å². The SMILES string of the molecule is O=C(NC[C@H](O)CN1CCc2ccccc2C1)C1=CC(NC2CCN(C(=O)/C(=N\O)C3CC3)CC2(F)F)=NCN1. The van der Waals surface area contributed by atoms with Crippen molar-refractivity contribution in [3.8, 4) is 0 Å². The molecule has 0 spiro atoms. The van der Waals surface area contributed by atoms with Gasteiger partial charge in [-0.05, 0) is 36.8 Å². The van der Waals surface area contributed by atoms with Crippen LogP contribution in [0.4, 0.5) is 8.78 Å². The third-order valence-electron chi connectivity index (χ3n) is 7.72. The fourth-order valence-corrected chi connectivity index (χ4v) is 5.34. The Morgan fingerprint density at radius 3 is 2.70 bits per heavy atom. The van der Waals surface area contributed by atoms with E-state index in [2.05, 4.69) is 43.1 Å². The summed E-state index contributed by atoms with van der Waals surface area (Å²) in [6.07, 6.45) is 2.88. The van der Waals surface area contributed by atoms with E-state index < -0.39 is 36.4 Å². The molecule has 11 nitrogen and oxygen atoms in total. The van der Waals surface area contributed by atoms with Gasteiger partial charge in [0.1, 0.15) is 23.9 Å². The van der Waals surface area contributed by atoms with Crippen LogP contribution in [0.3, 0.4) is 0 Å². The van der Waals surface area contributed by atoms with Crippen LogP contribution in [0.2, 0.25) is 0 Å². The van der Waals surface area contributed by atoms with Gasteiger partial charge in [0.05, 0.1) is 18.7 Å².